The Morgan fingerprint density at radius 1 is 1.50 bits per heavy atom. The van der Waals surface area contributed by atoms with Crippen LogP contribution in [-0.2, 0) is 0 Å². The zero-order valence-corrected chi connectivity index (χ0v) is 4.76. The molecular weight excluding hydrogens is 120 g/mol. The summed E-state index contributed by atoms with van der Waals surface area (Å²) in [5, 5.41) is 0. The quantitative estimate of drug-likeness (QED) is 0.422. The van der Waals surface area contributed by atoms with E-state index in [1.807, 2.05) is 0 Å². The van der Waals surface area contributed by atoms with Crippen LogP contribution in [0.3, 0.4) is 0 Å². The second-order valence-corrected chi connectivity index (χ2v) is 2.70. The van der Waals surface area contributed by atoms with Gasteiger partial charge in [-0.1, -0.05) is 0 Å². The molecule has 0 aromatic heterocycles. The predicted octanol–water partition coefficient (Wildman–Crippen LogP) is 1.04. The first-order valence-corrected chi connectivity index (χ1v) is 5.27. The van der Waals surface area contributed by atoms with Gasteiger partial charge in [0.05, 0.1) is 0 Å². The molecule has 4 heavy (non-hydrogen) atoms. The van der Waals surface area contributed by atoms with Gasteiger partial charge in [0, 0.05) is 0 Å². The normalized spacial score (nSPS) is 6.75. The van der Waals surface area contributed by atoms with Crippen LogP contribution in [0.1, 0.15) is 0 Å². The van der Waals surface area contributed by atoms with Crippen LogP contribution >= 0.6 is 0 Å². The fraction of sp³-hybridized carbons (Fsp3) is 1.00. The standard InChI is InChI=1S/CH3.2FH.Ga/h1H3;2*1H;/q;;;+2/p-2. The van der Waals surface area contributed by atoms with Crippen LogP contribution in [0.4, 0.5) is 6.57 Å². The van der Waals surface area contributed by atoms with Gasteiger partial charge in [-0.05, 0) is 0 Å². The van der Waals surface area contributed by atoms with Gasteiger partial charge in [0.1, 0.15) is 0 Å². The van der Waals surface area contributed by atoms with Crippen molar-refractivity contribution in [3.63, 3.8) is 0 Å². The maximum absolute atomic E-state index is 10.5. The molecule has 0 rings (SSSR count). The van der Waals surface area contributed by atoms with Gasteiger partial charge in [-0.3, -0.25) is 0 Å². The summed E-state index contributed by atoms with van der Waals surface area (Å²) in [4.78, 5) is 0. The van der Waals surface area contributed by atoms with Crippen LogP contribution in [0.5, 0.6) is 0 Å². The van der Waals surface area contributed by atoms with Gasteiger partial charge in [-0.15, -0.1) is 0 Å². The van der Waals surface area contributed by atoms with Crippen LogP contribution in [0.15, 0.2) is 0 Å². The van der Waals surface area contributed by atoms with Gasteiger partial charge in [0.25, 0.3) is 0 Å². The van der Waals surface area contributed by atoms with E-state index in [0.717, 1.165) is 5.48 Å². The second-order valence-electron chi connectivity index (χ2n) is 0.519. The molecule has 3 heteroatoms. The van der Waals surface area contributed by atoms with Gasteiger partial charge in [0.2, 0.25) is 0 Å². The van der Waals surface area contributed by atoms with Crippen LogP contribution < -0.4 is 0 Å². The third-order valence-corrected chi connectivity index (χ3v) is 0. The molecular formula is CH3F2Ga. The number of hydrogen-bond acceptors (Lipinski definition) is 0. The van der Waals surface area contributed by atoms with E-state index in [9.17, 15) is 6.57 Å². The molecule has 0 atom stereocenters. The number of halogens is 2. The average molecular weight is 123 g/mol. The number of hydrogen-bond donors (Lipinski definition) is 0. The topological polar surface area (TPSA) is 0 Å². The van der Waals surface area contributed by atoms with E-state index in [2.05, 4.69) is 0 Å². The Morgan fingerprint density at radius 2 is 1.50 bits per heavy atom. The summed E-state index contributed by atoms with van der Waals surface area (Å²) in [5.74, 6) is 0. The first-order chi connectivity index (χ1) is 1.73. The average Bonchev–Trinajstić information content (AvgIpc) is 0.811. The molecule has 0 aliphatic heterocycles. The fourth-order valence-corrected chi connectivity index (χ4v) is 0. The Bertz CT molecular complexity index is 10.8. The molecule has 0 amide bonds. The van der Waals surface area contributed by atoms with E-state index in [-0.39, 0.29) is 0 Å². The molecule has 0 aliphatic carbocycles. The Labute approximate surface area is 30.0 Å². The van der Waals surface area contributed by atoms with Gasteiger partial charge < -0.3 is 0 Å². The molecule has 0 heterocycles. The number of rotatable bonds is 0. The fourth-order valence-electron chi connectivity index (χ4n) is 0. The van der Waals surface area contributed by atoms with Crippen LogP contribution in [0, 0.1) is 0 Å². The summed E-state index contributed by atoms with van der Waals surface area (Å²) in [6, 6.07) is 0. The molecule has 0 spiro atoms. The van der Waals surface area contributed by atoms with E-state index in [0.29, 0.717) is 0 Å². The molecule has 0 saturated heterocycles. The van der Waals surface area contributed by atoms with Crippen molar-refractivity contribution < 1.29 is 6.57 Å². The third kappa shape index (κ3) is 22.7. The molecule has 0 aliphatic rings. The maximum atomic E-state index is 10.5. The molecule has 0 nitrogen and oxygen atoms in total. The van der Waals surface area contributed by atoms with Crippen LogP contribution in [0.2, 0.25) is 5.48 Å². The minimum absolute atomic E-state index is 1.02. The van der Waals surface area contributed by atoms with E-state index >= 15 is 0 Å². The van der Waals surface area contributed by atoms with E-state index in [1.54, 1.807) is 0 Å². The summed E-state index contributed by atoms with van der Waals surface area (Å²) in [6.45, 7) is 0. The summed E-state index contributed by atoms with van der Waals surface area (Å²) in [7, 11) is 0. The molecule has 0 N–H and O–H groups in total. The minimum atomic E-state index is -3.48. The summed E-state index contributed by atoms with van der Waals surface area (Å²) in [6.07, 6.45) is 0. The van der Waals surface area contributed by atoms with E-state index in [1.165, 1.54) is 0 Å². The van der Waals surface area contributed by atoms with Crippen molar-refractivity contribution in [2.45, 2.75) is 5.48 Å². The van der Waals surface area contributed by atoms with Crippen molar-refractivity contribution in [1.82, 2.24) is 0 Å². The van der Waals surface area contributed by atoms with Gasteiger partial charge in [-0.25, -0.2) is 0 Å². The Kier molecular flexibility index (Phi) is 2.00. The van der Waals surface area contributed by atoms with Crippen molar-refractivity contribution >= 4 is 17.2 Å². The monoisotopic (exact) mass is 122 g/mol. The third-order valence-electron chi connectivity index (χ3n) is 0. The molecule has 0 saturated carbocycles. The van der Waals surface area contributed by atoms with Crippen molar-refractivity contribution in [1.29, 1.82) is 0 Å². The van der Waals surface area contributed by atoms with Gasteiger partial charge in [-0.2, -0.15) is 0 Å². The molecule has 0 unspecified atom stereocenters. The molecule has 0 aromatic rings. The first-order valence-electron chi connectivity index (χ1n) is 1.01. The Balaban J connectivity index is 2.32. The van der Waals surface area contributed by atoms with Crippen molar-refractivity contribution in [3.8, 4) is 0 Å². The van der Waals surface area contributed by atoms with Crippen molar-refractivity contribution in [3.05, 3.63) is 0 Å². The molecule has 24 valence electrons. The summed E-state index contributed by atoms with van der Waals surface area (Å²) in [5.41, 5.74) is 1.02. The summed E-state index contributed by atoms with van der Waals surface area (Å²) < 4.78 is 21.0. The van der Waals surface area contributed by atoms with Crippen molar-refractivity contribution in [2.75, 3.05) is 0 Å². The molecule has 0 fully saturated rings. The zero-order chi connectivity index (χ0) is 3.58. The SMILES string of the molecule is [CH3][Ga]([F])[F]. The van der Waals surface area contributed by atoms with Crippen LogP contribution in [-0.4, -0.2) is 17.2 Å². The van der Waals surface area contributed by atoms with E-state index < -0.39 is 17.2 Å². The molecule has 0 radical (unpaired) electrons. The predicted molar refractivity (Wildman–Crippen MR) is 13.8 cm³/mol. The van der Waals surface area contributed by atoms with Crippen molar-refractivity contribution in [2.24, 2.45) is 0 Å². The second kappa shape index (κ2) is 1.78. The Morgan fingerprint density at radius 3 is 1.50 bits per heavy atom. The van der Waals surface area contributed by atoms with E-state index in [4.69, 9.17) is 0 Å². The summed E-state index contributed by atoms with van der Waals surface area (Å²) >= 11 is -3.48. The molecule has 0 aromatic carbocycles. The van der Waals surface area contributed by atoms with Gasteiger partial charge >= 0.3 is 29.3 Å². The molecule has 0 bridgehead atoms. The zero-order valence-electron chi connectivity index (χ0n) is 2.33. The van der Waals surface area contributed by atoms with Crippen LogP contribution in [0.25, 0.3) is 0 Å². The van der Waals surface area contributed by atoms with Gasteiger partial charge in [0.15, 0.2) is 0 Å². The Hall–Kier alpha value is 0.496. The first kappa shape index (κ1) is 4.50.